The summed E-state index contributed by atoms with van der Waals surface area (Å²) in [6.07, 6.45) is 11.8. The number of rotatable bonds is 14. The van der Waals surface area contributed by atoms with Gasteiger partial charge in [-0.1, -0.05) is 24.8 Å². The van der Waals surface area contributed by atoms with Gasteiger partial charge in [0.1, 0.15) is 81.2 Å². The number of amides is 1. The molecule has 390 valence electrons. The van der Waals surface area contributed by atoms with Gasteiger partial charge in [-0.2, -0.15) is 10.5 Å². The number of aromatic nitrogens is 4. The highest BCUT2D eigenvalue weighted by atomic mass is 16.5. The molecule has 0 bridgehead atoms. The lowest BCUT2D eigenvalue weighted by Crippen LogP contribution is -2.26. The van der Waals surface area contributed by atoms with Crippen molar-refractivity contribution in [2.75, 3.05) is 68.8 Å². The predicted octanol–water partition coefficient (Wildman–Crippen LogP) is 9.19. The SMILES string of the molecule is C=C(C#N)/C(=C\C=C\c1ccnc2cc(-c3c(OC)cc(C(=O)O)n3C)oc12)OC1CCOCC1.CNC.COc1cc(C(=O)N(C)C)n(C)c1-c1cc2nccc(-c3ccc(OC4CCOCC4)c(C#N)c3)c2o1. The number of nitrogens with zero attached hydrogens (tertiary/aromatic N) is 7. The number of hydrogen-bond acceptors (Lipinski definition) is 15. The molecule has 0 aliphatic carbocycles. The summed E-state index contributed by atoms with van der Waals surface area (Å²) in [5.41, 5.74) is 7.08. The number of furan rings is 2. The minimum absolute atomic E-state index is 0.0234. The van der Waals surface area contributed by atoms with E-state index < -0.39 is 5.97 Å². The summed E-state index contributed by atoms with van der Waals surface area (Å²) < 4.78 is 49.5. The fourth-order valence-electron chi connectivity index (χ4n) is 8.50. The molecule has 8 heterocycles. The Morgan fingerprint density at radius 3 is 1.93 bits per heavy atom. The van der Waals surface area contributed by atoms with Crippen molar-refractivity contribution in [3.05, 3.63) is 120 Å². The molecule has 0 unspecified atom stereocenters. The van der Waals surface area contributed by atoms with E-state index in [4.69, 9.17) is 37.3 Å². The Balaban J connectivity index is 0.000000208. The molecule has 2 fully saturated rings. The quantitative estimate of drug-likeness (QED) is 0.0587. The largest absolute Gasteiger partial charge is 0.494 e. The van der Waals surface area contributed by atoms with Crippen molar-refractivity contribution < 1.29 is 52.0 Å². The number of carbonyl (C=O) groups excluding carboxylic acids is 1. The molecule has 0 atom stereocenters. The van der Waals surface area contributed by atoms with Crippen LogP contribution in [-0.4, -0.2) is 122 Å². The Hall–Kier alpha value is -8.62. The molecule has 19 nitrogen and oxygen atoms in total. The Morgan fingerprint density at radius 2 is 1.36 bits per heavy atom. The van der Waals surface area contributed by atoms with Crippen LogP contribution in [0.5, 0.6) is 17.2 Å². The Bertz CT molecular complexity index is 3330. The average molecular weight is 1020 g/mol. The first-order chi connectivity index (χ1) is 36.2. The number of pyridine rings is 2. The number of fused-ring (bicyclic) bond motifs is 2. The lowest BCUT2D eigenvalue weighted by atomic mass is 10.0. The van der Waals surface area contributed by atoms with Gasteiger partial charge < -0.3 is 61.7 Å². The van der Waals surface area contributed by atoms with Crippen LogP contribution in [-0.2, 0) is 28.3 Å². The van der Waals surface area contributed by atoms with Crippen LogP contribution in [0.1, 0.15) is 57.8 Å². The third-order valence-corrected chi connectivity index (χ3v) is 12.3. The lowest BCUT2D eigenvalue weighted by Gasteiger charge is -2.24. The maximum Gasteiger partial charge on any atom is 0.352 e. The standard InChI is InChI=1S/C28H28N4O5.C26H25N3O6.C2H7N/c1-31(2)28(33)22-15-24(34-4)26(32(22)3)25-14-21-27(37-25)20(7-10-30-21)17-5-6-23(18(13-17)16-29)36-19-8-11-35-12-9-19;1-16(15-27)21(34-18-8-11-33-12-9-18)6-4-5-17-7-10-28-19-13-23(35-25(17)19)24-22(32-3)14-20(26(30)31)29(24)2;1-3-2/h5-7,10,13-15,19H,8-9,11-12H2,1-4H3;4-7,10,13-14,18H,1,8-9,11-12H2,2-3H3,(H,30,31);3H,1-2H3/b;5-4+,21-6+;. The first-order valence-corrected chi connectivity index (χ1v) is 24.0. The van der Waals surface area contributed by atoms with Crippen molar-refractivity contribution in [3.8, 4) is 63.4 Å². The van der Waals surface area contributed by atoms with E-state index in [1.165, 1.54) is 22.6 Å². The van der Waals surface area contributed by atoms with Crippen molar-refractivity contribution in [1.82, 2.24) is 29.3 Å². The van der Waals surface area contributed by atoms with E-state index in [2.05, 4.69) is 27.9 Å². The highest BCUT2D eigenvalue weighted by Gasteiger charge is 2.26. The van der Waals surface area contributed by atoms with Gasteiger partial charge in [-0.3, -0.25) is 14.8 Å². The molecule has 2 aliphatic heterocycles. The third-order valence-electron chi connectivity index (χ3n) is 12.3. The van der Waals surface area contributed by atoms with E-state index >= 15 is 0 Å². The topological polar surface area (TPSA) is 235 Å². The number of aromatic carboxylic acids is 1. The number of methoxy groups -OCH3 is 2. The van der Waals surface area contributed by atoms with E-state index in [0.29, 0.717) is 106 Å². The molecule has 2 N–H and O–H groups in total. The number of nitriles is 2. The molecule has 2 aliphatic rings. The molecule has 0 spiro atoms. The monoisotopic (exact) mass is 1020 g/mol. The van der Waals surface area contributed by atoms with E-state index in [-0.39, 0.29) is 29.4 Å². The number of benzene rings is 1. The number of nitrogens with one attached hydrogen (secondary N) is 1. The summed E-state index contributed by atoms with van der Waals surface area (Å²) in [6.45, 7) is 6.37. The molecule has 75 heavy (non-hydrogen) atoms. The third kappa shape index (κ3) is 12.3. The van der Waals surface area contributed by atoms with E-state index in [0.717, 1.165) is 42.4 Å². The predicted molar refractivity (Wildman–Crippen MR) is 281 cm³/mol. The molecule has 1 aromatic carbocycles. The van der Waals surface area contributed by atoms with Crippen LogP contribution >= 0.6 is 0 Å². The summed E-state index contributed by atoms with van der Waals surface area (Å²) in [4.78, 5) is 34.6. The van der Waals surface area contributed by atoms with Crippen LogP contribution in [0.3, 0.4) is 0 Å². The van der Waals surface area contributed by atoms with Crippen molar-refractivity contribution >= 4 is 40.2 Å². The Morgan fingerprint density at radius 1 is 0.800 bits per heavy atom. The summed E-state index contributed by atoms with van der Waals surface area (Å²) in [5, 5.41) is 31.3. The maximum absolute atomic E-state index is 12.7. The zero-order valence-corrected chi connectivity index (χ0v) is 43.3. The molecule has 19 heteroatoms. The van der Waals surface area contributed by atoms with Gasteiger partial charge in [0.15, 0.2) is 22.7 Å². The zero-order valence-electron chi connectivity index (χ0n) is 43.3. The number of ether oxygens (including phenoxy) is 6. The van der Waals surface area contributed by atoms with Gasteiger partial charge >= 0.3 is 5.97 Å². The van der Waals surface area contributed by atoms with Crippen LogP contribution < -0.4 is 19.5 Å². The first kappa shape index (κ1) is 54.2. The second-order valence-corrected chi connectivity index (χ2v) is 17.6. The molecule has 9 rings (SSSR count). The van der Waals surface area contributed by atoms with Crippen LogP contribution in [0.25, 0.3) is 62.3 Å². The normalized spacial score (nSPS) is 14.0. The van der Waals surface area contributed by atoms with E-state index in [9.17, 15) is 25.2 Å². The van der Waals surface area contributed by atoms with Gasteiger partial charge in [-0.15, -0.1) is 0 Å². The van der Waals surface area contributed by atoms with E-state index in [1.807, 2.05) is 56.6 Å². The zero-order chi connectivity index (χ0) is 53.8. The van der Waals surface area contributed by atoms with Gasteiger partial charge in [0.25, 0.3) is 5.91 Å². The van der Waals surface area contributed by atoms with Crippen LogP contribution in [0, 0.1) is 22.7 Å². The van der Waals surface area contributed by atoms with Crippen LogP contribution in [0.4, 0.5) is 0 Å². The van der Waals surface area contributed by atoms with Crippen molar-refractivity contribution in [3.63, 3.8) is 0 Å². The first-order valence-electron chi connectivity index (χ1n) is 24.0. The number of hydrogen-bond donors (Lipinski definition) is 2. The van der Waals surface area contributed by atoms with Gasteiger partial charge in [-0.05, 0) is 50.0 Å². The maximum atomic E-state index is 12.7. The molecule has 0 radical (unpaired) electrons. The fraction of sp³-hybridized carbons (Fsp3) is 0.321. The minimum atomic E-state index is -1.07. The average Bonchev–Trinajstić information content (AvgIpc) is 4.22. The number of carbonyl (C=O) groups is 2. The smallest absolute Gasteiger partial charge is 0.352 e. The summed E-state index contributed by atoms with van der Waals surface area (Å²) in [5.74, 6) is 1.62. The van der Waals surface area contributed by atoms with Crippen molar-refractivity contribution in [2.24, 2.45) is 14.1 Å². The van der Waals surface area contributed by atoms with E-state index in [1.54, 1.807) is 82.6 Å². The summed E-state index contributed by atoms with van der Waals surface area (Å²) in [6, 6.07) is 20.2. The van der Waals surface area contributed by atoms with Crippen LogP contribution in [0.15, 0.2) is 106 Å². The number of carboxylic acid groups (broad SMARTS) is 1. The fourth-order valence-corrected chi connectivity index (χ4v) is 8.50. The molecule has 1 amide bonds. The second-order valence-electron chi connectivity index (χ2n) is 17.6. The molecule has 6 aromatic heterocycles. The highest BCUT2D eigenvalue weighted by Crippen LogP contribution is 2.40. The van der Waals surface area contributed by atoms with Gasteiger partial charge in [0.05, 0.1) is 51.8 Å². The minimum Gasteiger partial charge on any atom is -0.494 e. The Labute approximate surface area is 434 Å². The molecule has 0 saturated carbocycles. The lowest BCUT2D eigenvalue weighted by molar-refractivity contribution is -0.00130. The summed E-state index contributed by atoms with van der Waals surface area (Å²) in [7, 11) is 13.6. The Kier molecular flexibility index (Phi) is 18.0. The number of allylic oxidation sites excluding steroid dienone is 3. The van der Waals surface area contributed by atoms with Gasteiger partial charge in [0, 0.05) is 102 Å². The summed E-state index contributed by atoms with van der Waals surface area (Å²) >= 11 is 0. The molecular formula is C56H60N8O11. The molecule has 7 aromatic rings. The number of carboxylic acids is 1. The van der Waals surface area contributed by atoms with Crippen molar-refractivity contribution in [2.45, 2.75) is 37.9 Å². The van der Waals surface area contributed by atoms with Gasteiger partial charge in [-0.25, -0.2) is 4.79 Å². The van der Waals surface area contributed by atoms with Crippen molar-refractivity contribution in [1.29, 1.82) is 10.5 Å². The highest BCUT2D eigenvalue weighted by molar-refractivity contribution is 5.97. The van der Waals surface area contributed by atoms with Crippen LogP contribution in [0.2, 0.25) is 0 Å². The van der Waals surface area contributed by atoms with Gasteiger partial charge in [0.2, 0.25) is 0 Å². The second kappa shape index (κ2) is 24.9. The molecule has 2 saturated heterocycles. The molecular weight excluding hydrogens is 961 g/mol.